The van der Waals surface area contributed by atoms with Crippen molar-refractivity contribution in [3.05, 3.63) is 35.9 Å². The molecule has 5 heteroatoms. The number of ether oxygens (including phenoxy) is 1. The molecule has 0 radical (unpaired) electrons. The van der Waals surface area contributed by atoms with Crippen molar-refractivity contribution in [2.75, 3.05) is 13.2 Å². The molecule has 0 unspecified atom stereocenters. The van der Waals surface area contributed by atoms with Crippen molar-refractivity contribution in [3.63, 3.8) is 0 Å². The quantitative estimate of drug-likeness (QED) is 0.781. The second-order valence-electron chi connectivity index (χ2n) is 6.62. The van der Waals surface area contributed by atoms with Crippen LogP contribution in [0.2, 0.25) is 0 Å². The fraction of sp³-hybridized carbons (Fsp3) is 0.611. The lowest BCUT2D eigenvalue weighted by Crippen LogP contribution is -2.46. The molecule has 2 aliphatic rings. The van der Waals surface area contributed by atoms with Gasteiger partial charge >= 0.3 is 6.09 Å². The van der Waals surface area contributed by atoms with Crippen molar-refractivity contribution in [3.8, 4) is 0 Å². The molecule has 23 heavy (non-hydrogen) atoms. The number of hydrogen-bond acceptors (Lipinski definition) is 3. The van der Waals surface area contributed by atoms with E-state index >= 15 is 0 Å². The minimum absolute atomic E-state index is 0.0341. The Balaban J connectivity index is 1.41. The Bertz CT molecular complexity index is 500. The van der Waals surface area contributed by atoms with Gasteiger partial charge in [0.1, 0.15) is 0 Å². The molecule has 0 bridgehead atoms. The normalized spacial score (nSPS) is 31.0. The number of benzene rings is 1. The van der Waals surface area contributed by atoms with Crippen molar-refractivity contribution < 1.29 is 14.6 Å². The summed E-state index contributed by atoms with van der Waals surface area (Å²) in [5.41, 5.74) is 1.44. The fourth-order valence-corrected chi connectivity index (χ4v) is 3.80. The van der Waals surface area contributed by atoms with Gasteiger partial charge < -0.3 is 20.5 Å². The average molecular weight is 318 g/mol. The molecular weight excluding hydrogens is 292 g/mol. The van der Waals surface area contributed by atoms with Gasteiger partial charge in [0.15, 0.2) is 0 Å². The van der Waals surface area contributed by atoms with Gasteiger partial charge in [-0.2, -0.15) is 0 Å². The van der Waals surface area contributed by atoms with Gasteiger partial charge in [-0.05, 0) is 50.1 Å². The van der Waals surface area contributed by atoms with Crippen LogP contribution in [0.5, 0.6) is 0 Å². The van der Waals surface area contributed by atoms with Gasteiger partial charge in [-0.1, -0.05) is 30.3 Å². The molecule has 0 aromatic heterocycles. The third-order valence-electron chi connectivity index (χ3n) is 5.11. The molecule has 1 heterocycles. The summed E-state index contributed by atoms with van der Waals surface area (Å²) in [4.78, 5) is 10.8. The van der Waals surface area contributed by atoms with Crippen LogP contribution in [-0.2, 0) is 4.74 Å². The van der Waals surface area contributed by atoms with Gasteiger partial charge in [0, 0.05) is 0 Å². The second kappa shape index (κ2) is 7.79. The van der Waals surface area contributed by atoms with Crippen LogP contribution in [-0.4, -0.2) is 42.5 Å². The van der Waals surface area contributed by atoms with Crippen LogP contribution < -0.4 is 10.6 Å². The predicted molar refractivity (Wildman–Crippen MR) is 88.7 cm³/mol. The second-order valence-corrected chi connectivity index (χ2v) is 6.62. The molecule has 1 saturated carbocycles. The topological polar surface area (TPSA) is 70.6 Å². The van der Waals surface area contributed by atoms with Crippen molar-refractivity contribution in [1.82, 2.24) is 10.6 Å². The molecule has 5 nitrogen and oxygen atoms in total. The first-order chi connectivity index (χ1) is 11.2. The van der Waals surface area contributed by atoms with E-state index in [-0.39, 0.29) is 12.1 Å². The van der Waals surface area contributed by atoms with Crippen molar-refractivity contribution >= 4 is 6.09 Å². The Morgan fingerprint density at radius 2 is 1.91 bits per heavy atom. The largest absolute Gasteiger partial charge is 0.465 e. The van der Waals surface area contributed by atoms with E-state index in [1.807, 2.05) is 0 Å². The van der Waals surface area contributed by atoms with Crippen LogP contribution in [0.1, 0.15) is 43.6 Å². The zero-order valence-corrected chi connectivity index (χ0v) is 13.4. The van der Waals surface area contributed by atoms with Crippen molar-refractivity contribution in [2.45, 2.75) is 56.2 Å². The monoisotopic (exact) mass is 318 g/mol. The molecule has 3 rings (SSSR count). The maximum absolute atomic E-state index is 10.8. The first-order valence-corrected chi connectivity index (χ1v) is 8.62. The smallest absolute Gasteiger partial charge is 0.404 e. The summed E-state index contributed by atoms with van der Waals surface area (Å²) < 4.78 is 6.07. The Hall–Kier alpha value is -1.59. The van der Waals surface area contributed by atoms with Gasteiger partial charge in [0.25, 0.3) is 0 Å². The molecule has 0 spiro atoms. The number of carboxylic acid groups (broad SMARTS) is 1. The summed E-state index contributed by atoms with van der Waals surface area (Å²) in [6.07, 6.45) is 4.70. The Morgan fingerprint density at radius 1 is 1.17 bits per heavy atom. The van der Waals surface area contributed by atoms with E-state index in [1.54, 1.807) is 0 Å². The van der Waals surface area contributed by atoms with E-state index in [1.165, 1.54) is 18.4 Å². The predicted octanol–water partition coefficient (Wildman–Crippen LogP) is 2.73. The maximum Gasteiger partial charge on any atom is 0.404 e. The molecule has 1 aliphatic heterocycles. The summed E-state index contributed by atoms with van der Waals surface area (Å²) in [5.74, 6) is 0.655. The zero-order chi connectivity index (χ0) is 16.1. The van der Waals surface area contributed by atoms with E-state index in [4.69, 9.17) is 9.84 Å². The van der Waals surface area contributed by atoms with E-state index in [0.29, 0.717) is 18.6 Å². The summed E-state index contributed by atoms with van der Waals surface area (Å²) in [7, 11) is 0. The van der Waals surface area contributed by atoms with Crippen LogP contribution in [0, 0.1) is 0 Å². The molecule has 126 valence electrons. The number of hydrogen-bond donors (Lipinski definition) is 3. The lowest BCUT2D eigenvalue weighted by Gasteiger charge is -2.30. The minimum atomic E-state index is -0.952. The van der Waals surface area contributed by atoms with E-state index in [0.717, 1.165) is 25.8 Å². The van der Waals surface area contributed by atoms with Gasteiger partial charge in [0.2, 0.25) is 0 Å². The summed E-state index contributed by atoms with van der Waals surface area (Å²) in [6.45, 7) is 1.44. The van der Waals surface area contributed by atoms with E-state index < -0.39 is 6.09 Å². The highest BCUT2D eigenvalue weighted by atomic mass is 16.5. The van der Waals surface area contributed by atoms with Crippen LogP contribution in [0.25, 0.3) is 0 Å². The Morgan fingerprint density at radius 3 is 2.61 bits per heavy atom. The number of rotatable bonds is 5. The standard InChI is InChI=1S/C18H26N2O3/c21-18(22)20-16-10-11-19-17(16)12-23-15-8-6-14(7-9-15)13-4-2-1-3-5-13/h1-5,14-17,19-20H,6-12H2,(H,21,22)/t14-,15+,16-,17-/m1/s1. The fourth-order valence-electron chi connectivity index (χ4n) is 3.80. The van der Waals surface area contributed by atoms with Gasteiger partial charge in [0.05, 0.1) is 24.8 Å². The van der Waals surface area contributed by atoms with Gasteiger partial charge in [-0.3, -0.25) is 0 Å². The summed E-state index contributed by atoms with van der Waals surface area (Å²) in [5, 5.41) is 14.8. The highest BCUT2D eigenvalue weighted by molar-refractivity contribution is 5.65. The lowest BCUT2D eigenvalue weighted by molar-refractivity contribution is 0.0119. The Labute approximate surface area is 137 Å². The van der Waals surface area contributed by atoms with E-state index in [9.17, 15) is 4.79 Å². The third kappa shape index (κ3) is 4.45. The summed E-state index contributed by atoms with van der Waals surface area (Å²) in [6, 6.07) is 10.8. The first kappa shape index (κ1) is 16.3. The molecule has 2 fully saturated rings. The van der Waals surface area contributed by atoms with Crippen LogP contribution >= 0.6 is 0 Å². The van der Waals surface area contributed by atoms with Crippen LogP contribution in [0.4, 0.5) is 4.79 Å². The van der Waals surface area contributed by atoms with Crippen molar-refractivity contribution in [2.24, 2.45) is 0 Å². The molecule has 1 aromatic carbocycles. The zero-order valence-electron chi connectivity index (χ0n) is 13.4. The molecule has 1 amide bonds. The highest BCUT2D eigenvalue weighted by Crippen LogP contribution is 2.33. The third-order valence-corrected chi connectivity index (χ3v) is 5.11. The molecular formula is C18H26N2O3. The SMILES string of the molecule is O=C(O)N[C@@H]1CCN[C@@H]1CO[C@H]1CC[C@@H](c2ccccc2)CC1. The van der Waals surface area contributed by atoms with Gasteiger partial charge in [-0.15, -0.1) is 0 Å². The number of nitrogens with one attached hydrogen (secondary N) is 2. The highest BCUT2D eigenvalue weighted by Gasteiger charge is 2.30. The molecule has 2 atom stereocenters. The number of amides is 1. The first-order valence-electron chi connectivity index (χ1n) is 8.62. The summed E-state index contributed by atoms with van der Waals surface area (Å²) >= 11 is 0. The molecule has 1 saturated heterocycles. The van der Waals surface area contributed by atoms with Gasteiger partial charge in [-0.25, -0.2) is 4.79 Å². The average Bonchev–Trinajstić information content (AvgIpc) is 3.00. The molecule has 1 aliphatic carbocycles. The van der Waals surface area contributed by atoms with Crippen LogP contribution in [0.3, 0.4) is 0 Å². The van der Waals surface area contributed by atoms with Crippen LogP contribution in [0.15, 0.2) is 30.3 Å². The molecule has 1 aromatic rings. The minimum Gasteiger partial charge on any atom is -0.465 e. The molecule has 3 N–H and O–H groups in total. The number of carbonyl (C=O) groups is 1. The van der Waals surface area contributed by atoms with E-state index in [2.05, 4.69) is 41.0 Å². The Kier molecular flexibility index (Phi) is 5.51. The lowest BCUT2D eigenvalue weighted by atomic mass is 9.83. The van der Waals surface area contributed by atoms with Crippen molar-refractivity contribution in [1.29, 1.82) is 0 Å². The maximum atomic E-state index is 10.8.